The number of rotatable bonds is 6. The highest BCUT2D eigenvalue weighted by Crippen LogP contribution is 2.18. The number of aliphatic hydroxyl groups is 1. The van der Waals surface area contributed by atoms with Gasteiger partial charge in [0.05, 0.1) is 12.7 Å². The first-order valence-electron chi connectivity index (χ1n) is 7.94. The molecule has 0 unspecified atom stereocenters. The second kappa shape index (κ2) is 8.31. The first-order chi connectivity index (χ1) is 11.5. The number of carbonyl (C=O) groups excluding carboxylic acids is 1. The van der Waals surface area contributed by atoms with E-state index in [-0.39, 0.29) is 18.6 Å². The van der Waals surface area contributed by atoms with E-state index in [0.717, 1.165) is 22.4 Å². The maximum Gasteiger partial charge on any atom is 0.248 e. The highest BCUT2D eigenvalue weighted by atomic mass is 16.5. The van der Waals surface area contributed by atoms with Crippen molar-refractivity contribution >= 4 is 17.7 Å². The summed E-state index contributed by atoms with van der Waals surface area (Å²) in [6, 6.07) is 13.1. The lowest BCUT2D eigenvalue weighted by Crippen LogP contribution is -2.09. The molecule has 24 heavy (non-hydrogen) atoms. The molecule has 0 fully saturated rings. The molecule has 0 aliphatic rings. The fourth-order valence-electron chi connectivity index (χ4n) is 2.18. The van der Waals surface area contributed by atoms with E-state index < -0.39 is 0 Å². The molecular formula is C20H23NO3. The van der Waals surface area contributed by atoms with Gasteiger partial charge in [-0.3, -0.25) is 4.79 Å². The van der Waals surface area contributed by atoms with Crippen molar-refractivity contribution in [2.45, 2.75) is 33.5 Å². The lowest BCUT2D eigenvalue weighted by Gasteiger charge is -2.09. The van der Waals surface area contributed by atoms with Crippen LogP contribution in [0.1, 0.15) is 30.5 Å². The Balaban J connectivity index is 2.00. The number of hydrogen-bond donors (Lipinski definition) is 2. The fourth-order valence-corrected chi connectivity index (χ4v) is 2.18. The monoisotopic (exact) mass is 325 g/mol. The van der Waals surface area contributed by atoms with E-state index in [4.69, 9.17) is 4.74 Å². The van der Waals surface area contributed by atoms with E-state index in [9.17, 15) is 9.90 Å². The molecule has 2 aromatic carbocycles. The molecule has 126 valence electrons. The van der Waals surface area contributed by atoms with Crippen molar-refractivity contribution in [1.82, 2.24) is 0 Å². The normalized spacial score (nSPS) is 11.0. The number of aryl methyl sites for hydroxylation is 1. The molecule has 0 atom stereocenters. The summed E-state index contributed by atoms with van der Waals surface area (Å²) >= 11 is 0. The van der Waals surface area contributed by atoms with Crippen LogP contribution in [0.25, 0.3) is 6.08 Å². The van der Waals surface area contributed by atoms with E-state index in [0.29, 0.717) is 5.69 Å². The Bertz CT molecular complexity index is 718. The van der Waals surface area contributed by atoms with E-state index in [1.54, 1.807) is 12.1 Å². The fraction of sp³-hybridized carbons (Fsp3) is 0.250. The summed E-state index contributed by atoms with van der Waals surface area (Å²) in [6.07, 6.45) is 3.37. The van der Waals surface area contributed by atoms with Gasteiger partial charge in [-0.2, -0.15) is 0 Å². The zero-order chi connectivity index (χ0) is 17.5. The van der Waals surface area contributed by atoms with Crippen LogP contribution >= 0.6 is 0 Å². The van der Waals surface area contributed by atoms with Crippen LogP contribution in [0, 0.1) is 6.92 Å². The average Bonchev–Trinajstić information content (AvgIpc) is 2.56. The summed E-state index contributed by atoms with van der Waals surface area (Å²) in [7, 11) is 0. The molecule has 2 aromatic rings. The molecule has 4 nitrogen and oxygen atoms in total. The van der Waals surface area contributed by atoms with Crippen molar-refractivity contribution in [3.63, 3.8) is 0 Å². The number of hydrogen-bond acceptors (Lipinski definition) is 3. The summed E-state index contributed by atoms with van der Waals surface area (Å²) in [6.45, 7) is 5.82. The smallest absolute Gasteiger partial charge is 0.248 e. The van der Waals surface area contributed by atoms with Gasteiger partial charge >= 0.3 is 0 Å². The lowest BCUT2D eigenvalue weighted by atomic mass is 10.1. The summed E-state index contributed by atoms with van der Waals surface area (Å²) in [5.41, 5.74) is 3.34. The number of aliphatic hydroxyl groups excluding tert-OH is 1. The minimum absolute atomic E-state index is 0.0518. The molecule has 2 N–H and O–H groups in total. The molecule has 0 spiro atoms. The van der Waals surface area contributed by atoms with Crippen LogP contribution in [-0.4, -0.2) is 17.1 Å². The van der Waals surface area contributed by atoms with Crippen LogP contribution in [0.2, 0.25) is 0 Å². The second-order valence-electron chi connectivity index (χ2n) is 5.87. The molecule has 0 radical (unpaired) electrons. The third-order valence-corrected chi connectivity index (χ3v) is 3.42. The number of benzene rings is 2. The Kier molecular flexibility index (Phi) is 6.15. The van der Waals surface area contributed by atoms with E-state index in [1.807, 2.05) is 57.2 Å². The summed E-state index contributed by atoms with van der Waals surface area (Å²) in [5.74, 6) is 0.596. The van der Waals surface area contributed by atoms with Gasteiger partial charge in [-0.05, 0) is 61.7 Å². The molecule has 4 heteroatoms. The number of ether oxygens (including phenoxy) is 1. The topological polar surface area (TPSA) is 58.6 Å². The van der Waals surface area contributed by atoms with Crippen molar-refractivity contribution < 1.29 is 14.6 Å². The van der Waals surface area contributed by atoms with Crippen LogP contribution in [-0.2, 0) is 11.4 Å². The minimum Gasteiger partial charge on any atom is -0.491 e. The van der Waals surface area contributed by atoms with E-state index in [1.165, 1.54) is 6.08 Å². The molecule has 1 amide bonds. The molecule has 0 heterocycles. The molecule has 0 bridgehead atoms. The second-order valence-corrected chi connectivity index (χ2v) is 5.87. The Morgan fingerprint density at radius 1 is 1.21 bits per heavy atom. The zero-order valence-electron chi connectivity index (χ0n) is 14.2. The highest BCUT2D eigenvalue weighted by molar-refractivity contribution is 6.02. The van der Waals surface area contributed by atoms with Gasteiger partial charge in [0.1, 0.15) is 5.75 Å². The Hall–Kier alpha value is -2.59. The Morgan fingerprint density at radius 2 is 1.92 bits per heavy atom. The van der Waals surface area contributed by atoms with Gasteiger partial charge in [-0.1, -0.05) is 24.3 Å². The Morgan fingerprint density at radius 3 is 2.54 bits per heavy atom. The molecular weight excluding hydrogens is 302 g/mol. The van der Waals surface area contributed by atoms with Crippen LogP contribution in [0.5, 0.6) is 5.75 Å². The minimum atomic E-state index is -0.212. The average molecular weight is 325 g/mol. The lowest BCUT2D eigenvalue weighted by molar-refractivity contribution is -0.111. The van der Waals surface area contributed by atoms with Crippen molar-refractivity contribution in [2.24, 2.45) is 0 Å². The maximum atomic E-state index is 12.1. The van der Waals surface area contributed by atoms with Gasteiger partial charge in [0.2, 0.25) is 5.91 Å². The van der Waals surface area contributed by atoms with Crippen molar-refractivity contribution in [3.05, 3.63) is 65.2 Å². The standard InChI is InChI=1S/C20H23NO3/c1-14(2)24-18-9-6-16(7-10-18)8-11-20(23)21-19-12-17(13-22)5-4-15(19)3/h4-12,14,22H,13H2,1-3H3,(H,21,23)/b11-8+. The molecule has 0 saturated carbocycles. The van der Waals surface area contributed by atoms with Gasteiger partial charge in [-0.15, -0.1) is 0 Å². The molecule has 0 aliphatic carbocycles. The van der Waals surface area contributed by atoms with Crippen LogP contribution in [0.4, 0.5) is 5.69 Å². The van der Waals surface area contributed by atoms with E-state index >= 15 is 0 Å². The first-order valence-corrected chi connectivity index (χ1v) is 7.94. The summed E-state index contributed by atoms with van der Waals surface area (Å²) in [4.78, 5) is 12.1. The van der Waals surface area contributed by atoms with Crippen molar-refractivity contribution in [2.75, 3.05) is 5.32 Å². The first kappa shape index (κ1) is 17.8. The molecule has 0 saturated heterocycles. The van der Waals surface area contributed by atoms with Crippen LogP contribution in [0.15, 0.2) is 48.5 Å². The van der Waals surface area contributed by atoms with Gasteiger partial charge in [-0.25, -0.2) is 0 Å². The van der Waals surface area contributed by atoms with Gasteiger partial charge in [0.25, 0.3) is 0 Å². The number of nitrogens with one attached hydrogen (secondary N) is 1. The third-order valence-electron chi connectivity index (χ3n) is 3.42. The van der Waals surface area contributed by atoms with Gasteiger partial charge in [0.15, 0.2) is 0 Å². The number of amides is 1. The molecule has 0 aromatic heterocycles. The van der Waals surface area contributed by atoms with E-state index in [2.05, 4.69) is 5.32 Å². The largest absolute Gasteiger partial charge is 0.491 e. The molecule has 2 rings (SSSR count). The highest BCUT2D eigenvalue weighted by Gasteiger charge is 2.03. The van der Waals surface area contributed by atoms with Crippen molar-refractivity contribution in [1.29, 1.82) is 0 Å². The van der Waals surface area contributed by atoms with Crippen molar-refractivity contribution in [3.8, 4) is 5.75 Å². The number of carbonyl (C=O) groups is 1. The van der Waals surface area contributed by atoms with Crippen LogP contribution < -0.4 is 10.1 Å². The SMILES string of the molecule is Cc1ccc(CO)cc1NC(=O)/C=C/c1ccc(OC(C)C)cc1. The van der Waals surface area contributed by atoms with Gasteiger partial charge < -0.3 is 15.2 Å². The molecule has 0 aliphatic heterocycles. The Labute approximate surface area is 142 Å². The summed E-state index contributed by atoms with van der Waals surface area (Å²) in [5, 5.41) is 12.0. The summed E-state index contributed by atoms with van der Waals surface area (Å²) < 4.78 is 5.58. The third kappa shape index (κ3) is 5.25. The van der Waals surface area contributed by atoms with Gasteiger partial charge in [0, 0.05) is 11.8 Å². The maximum absolute atomic E-state index is 12.1. The predicted molar refractivity (Wildman–Crippen MR) is 97.0 cm³/mol. The predicted octanol–water partition coefficient (Wildman–Crippen LogP) is 3.93. The van der Waals surface area contributed by atoms with Crippen LogP contribution in [0.3, 0.4) is 0 Å². The number of anilines is 1. The quantitative estimate of drug-likeness (QED) is 0.791. The zero-order valence-corrected chi connectivity index (χ0v) is 14.2.